The number of aliphatic hydroxyl groups is 1. The molecule has 1 aliphatic heterocycles. The van der Waals surface area contributed by atoms with Gasteiger partial charge in [0.15, 0.2) is 11.6 Å². The van der Waals surface area contributed by atoms with Gasteiger partial charge in [-0.3, -0.25) is 4.79 Å². The van der Waals surface area contributed by atoms with E-state index in [9.17, 15) is 23.1 Å². The number of carbonyl (C=O) groups is 1. The van der Waals surface area contributed by atoms with Gasteiger partial charge in [-0.25, -0.2) is 13.2 Å². The summed E-state index contributed by atoms with van der Waals surface area (Å²) >= 11 is 1.96. The maximum absolute atomic E-state index is 14.6. The van der Waals surface area contributed by atoms with Crippen LogP contribution in [-0.2, 0) is 6.42 Å². The summed E-state index contributed by atoms with van der Waals surface area (Å²) in [5.74, 6) is -2.71. The van der Waals surface area contributed by atoms with Gasteiger partial charge in [0.25, 0.3) is 5.91 Å². The van der Waals surface area contributed by atoms with Crippen LogP contribution in [0.4, 0.5) is 13.2 Å². The van der Waals surface area contributed by atoms with E-state index >= 15 is 0 Å². The molecule has 2 aromatic carbocycles. The van der Waals surface area contributed by atoms with Crippen LogP contribution in [0.25, 0.3) is 0 Å². The van der Waals surface area contributed by atoms with Gasteiger partial charge in [-0.1, -0.05) is 32.8 Å². The van der Waals surface area contributed by atoms with E-state index in [-0.39, 0.29) is 36.2 Å². The van der Waals surface area contributed by atoms with Crippen LogP contribution < -0.4 is 0 Å². The molecule has 3 nitrogen and oxygen atoms in total. The standard InChI is InChI=1S/C23H25F3INO2/c1-14(2)4-3-9-23(30)12-28(13-23)22(29)17-7-8-19(24)21(26)18(17)10-15-5-6-16(27)11-20(15)25/h5-8,11,14,30H,3-4,9-10,12-13H2,1-2H3. The Morgan fingerprint density at radius 2 is 1.87 bits per heavy atom. The Balaban J connectivity index is 1.78. The molecule has 0 saturated carbocycles. The van der Waals surface area contributed by atoms with Gasteiger partial charge < -0.3 is 10.0 Å². The minimum atomic E-state index is -1.15. The number of hydrogen-bond donors (Lipinski definition) is 1. The first-order valence-corrected chi connectivity index (χ1v) is 11.1. The molecule has 0 atom stereocenters. The second kappa shape index (κ2) is 9.26. The summed E-state index contributed by atoms with van der Waals surface area (Å²) in [7, 11) is 0. The first-order valence-electron chi connectivity index (χ1n) is 10.0. The number of carbonyl (C=O) groups excluding carboxylic acids is 1. The van der Waals surface area contributed by atoms with Crippen molar-refractivity contribution in [3.8, 4) is 0 Å². The molecule has 0 aromatic heterocycles. The van der Waals surface area contributed by atoms with Gasteiger partial charge in [-0.2, -0.15) is 0 Å². The molecule has 30 heavy (non-hydrogen) atoms. The smallest absolute Gasteiger partial charge is 0.254 e. The predicted octanol–water partition coefficient (Wildman–Crippen LogP) is 5.31. The Hall–Kier alpha value is -1.61. The molecule has 162 valence electrons. The molecule has 1 fully saturated rings. The zero-order valence-corrected chi connectivity index (χ0v) is 19.2. The Labute approximate surface area is 188 Å². The number of likely N-dealkylation sites (tertiary alicyclic amines) is 1. The molecule has 7 heteroatoms. The highest BCUT2D eigenvalue weighted by Crippen LogP contribution is 2.31. The molecule has 1 N–H and O–H groups in total. The first kappa shape index (κ1) is 23.1. The van der Waals surface area contributed by atoms with Crippen molar-refractivity contribution in [3.63, 3.8) is 0 Å². The van der Waals surface area contributed by atoms with Crippen LogP contribution in [0.15, 0.2) is 30.3 Å². The lowest BCUT2D eigenvalue weighted by Gasteiger charge is -2.47. The molecule has 1 amide bonds. The van der Waals surface area contributed by atoms with Crippen molar-refractivity contribution in [2.24, 2.45) is 5.92 Å². The van der Waals surface area contributed by atoms with Gasteiger partial charge in [0.2, 0.25) is 0 Å². The fourth-order valence-electron chi connectivity index (χ4n) is 3.80. The lowest BCUT2D eigenvalue weighted by molar-refractivity contribution is -0.0872. The maximum atomic E-state index is 14.6. The highest BCUT2D eigenvalue weighted by molar-refractivity contribution is 14.1. The van der Waals surface area contributed by atoms with Crippen LogP contribution in [0.5, 0.6) is 0 Å². The zero-order chi connectivity index (χ0) is 22.1. The van der Waals surface area contributed by atoms with Gasteiger partial charge in [0.05, 0.1) is 18.7 Å². The monoisotopic (exact) mass is 531 g/mol. The second-order valence-electron chi connectivity index (χ2n) is 8.47. The first-order chi connectivity index (χ1) is 14.1. The topological polar surface area (TPSA) is 40.5 Å². The van der Waals surface area contributed by atoms with Gasteiger partial charge >= 0.3 is 0 Å². The highest BCUT2D eigenvalue weighted by Gasteiger charge is 2.43. The van der Waals surface area contributed by atoms with E-state index in [0.29, 0.717) is 15.9 Å². The lowest BCUT2D eigenvalue weighted by Crippen LogP contribution is -2.63. The van der Waals surface area contributed by atoms with Gasteiger partial charge in [-0.05, 0) is 64.8 Å². The summed E-state index contributed by atoms with van der Waals surface area (Å²) in [6.45, 7) is 4.53. The van der Waals surface area contributed by atoms with Crippen LogP contribution in [-0.4, -0.2) is 34.6 Å². The number of amides is 1. The third-order valence-corrected chi connectivity index (χ3v) is 6.16. The van der Waals surface area contributed by atoms with Crippen LogP contribution in [0.2, 0.25) is 0 Å². The second-order valence-corrected chi connectivity index (χ2v) is 9.72. The Kier molecular flexibility index (Phi) is 7.12. The molecule has 1 saturated heterocycles. The Morgan fingerprint density at radius 1 is 1.17 bits per heavy atom. The molecule has 3 rings (SSSR count). The Morgan fingerprint density at radius 3 is 2.50 bits per heavy atom. The molecule has 1 aliphatic rings. The fraction of sp³-hybridized carbons (Fsp3) is 0.435. The van der Waals surface area contributed by atoms with Crippen molar-refractivity contribution in [2.45, 2.75) is 45.1 Å². The van der Waals surface area contributed by atoms with E-state index in [2.05, 4.69) is 13.8 Å². The van der Waals surface area contributed by atoms with E-state index in [4.69, 9.17) is 0 Å². The fourth-order valence-corrected chi connectivity index (χ4v) is 4.25. The van der Waals surface area contributed by atoms with Crippen molar-refractivity contribution in [1.29, 1.82) is 0 Å². The quantitative estimate of drug-likeness (QED) is 0.492. The molecule has 2 aromatic rings. The van der Waals surface area contributed by atoms with Crippen molar-refractivity contribution < 1.29 is 23.1 Å². The molecule has 1 heterocycles. The summed E-state index contributed by atoms with van der Waals surface area (Å²) in [4.78, 5) is 14.4. The summed E-state index contributed by atoms with van der Waals surface area (Å²) in [6.07, 6.45) is 2.21. The van der Waals surface area contributed by atoms with Gasteiger partial charge in [-0.15, -0.1) is 0 Å². The summed E-state index contributed by atoms with van der Waals surface area (Å²) < 4.78 is 43.4. The van der Waals surface area contributed by atoms with Crippen molar-refractivity contribution in [1.82, 2.24) is 4.90 Å². The van der Waals surface area contributed by atoms with Gasteiger partial charge in [0, 0.05) is 21.1 Å². The third kappa shape index (κ3) is 5.17. The summed E-state index contributed by atoms with van der Waals surface area (Å²) in [5.41, 5.74) is -0.930. The zero-order valence-electron chi connectivity index (χ0n) is 17.0. The predicted molar refractivity (Wildman–Crippen MR) is 118 cm³/mol. The minimum Gasteiger partial charge on any atom is -0.386 e. The Bertz CT molecular complexity index is 942. The van der Waals surface area contributed by atoms with E-state index in [1.54, 1.807) is 6.07 Å². The molecule has 0 spiro atoms. The number of hydrogen-bond acceptors (Lipinski definition) is 2. The van der Waals surface area contributed by atoms with Crippen molar-refractivity contribution in [3.05, 3.63) is 68.0 Å². The van der Waals surface area contributed by atoms with E-state index in [1.807, 2.05) is 22.6 Å². The molecule has 0 aliphatic carbocycles. The number of benzene rings is 2. The lowest BCUT2D eigenvalue weighted by atomic mass is 9.86. The van der Waals surface area contributed by atoms with Gasteiger partial charge in [0.1, 0.15) is 5.82 Å². The largest absolute Gasteiger partial charge is 0.386 e. The number of rotatable bonds is 7. The minimum absolute atomic E-state index is 0.00363. The van der Waals surface area contributed by atoms with Crippen LogP contribution in [0, 0.1) is 26.9 Å². The molecular formula is C23H25F3INO2. The molecule has 0 radical (unpaired) electrons. The van der Waals surface area contributed by atoms with Crippen LogP contribution in [0.3, 0.4) is 0 Å². The van der Waals surface area contributed by atoms with Crippen molar-refractivity contribution in [2.75, 3.05) is 13.1 Å². The molecular weight excluding hydrogens is 506 g/mol. The van der Waals surface area contributed by atoms with Crippen LogP contribution >= 0.6 is 22.6 Å². The SMILES string of the molecule is CC(C)CCCC1(O)CN(C(=O)c2ccc(F)c(F)c2Cc2ccc(I)cc2F)C1. The highest BCUT2D eigenvalue weighted by atomic mass is 127. The average Bonchev–Trinajstić information content (AvgIpc) is 2.64. The third-order valence-electron chi connectivity index (χ3n) is 5.49. The number of β-amino-alcohol motifs (C(OH)–C–C–N with tert-alkyl or cyclic N) is 1. The molecule has 0 unspecified atom stereocenters. The summed E-state index contributed by atoms with van der Waals surface area (Å²) in [6, 6.07) is 6.63. The van der Waals surface area contributed by atoms with E-state index in [1.165, 1.54) is 23.1 Å². The van der Waals surface area contributed by atoms with Crippen molar-refractivity contribution >= 4 is 28.5 Å². The number of nitrogens with zero attached hydrogens (tertiary/aromatic N) is 1. The molecule has 0 bridgehead atoms. The normalized spacial score (nSPS) is 15.4. The maximum Gasteiger partial charge on any atom is 0.254 e. The van der Waals surface area contributed by atoms with E-state index < -0.39 is 29.0 Å². The summed E-state index contributed by atoms with van der Waals surface area (Å²) in [5, 5.41) is 10.6. The van der Waals surface area contributed by atoms with E-state index in [0.717, 1.165) is 18.9 Å². The average molecular weight is 531 g/mol. The van der Waals surface area contributed by atoms with Crippen LogP contribution in [0.1, 0.15) is 54.6 Å². The number of halogens is 4.